The van der Waals surface area contributed by atoms with Gasteiger partial charge < -0.3 is 5.32 Å². The summed E-state index contributed by atoms with van der Waals surface area (Å²) in [7, 11) is 0. The first-order chi connectivity index (χ1) is 6.45. The number of para-hydroxylation sites is 1. The lowest BCUT2D eigenvalue weighted by atomic mass is 10.3. The lowest BCUT2D eigenvalue weighted by Gasteiger charge is -2.01. The molecule has 68 valence electrons. The molecule has 1 saturated heterocycles. The summed E-state index contributed by atoms with van der Waals surface area (Å²) < 4.78 is 0. The molecule has 0 aromatic heterocycles. The van der Waals surface area contributed by atoms with Crippen molar-refractivity contribution >= 4 is 11.5 Å². The van der Waals surface area contributed by atoms with Gasteiger partial charge in [0.2, 0.25) is 0 Å². The van der Waals surface area contributed by atoms with Gasteiger partial charge >= 0.3 is 0 Å². The molecule has 3 heteroatoms. The summed E-state index contributed by atoms with van der Waals surface area (Å²) in [4.78, 5) is 0. The van der Waals surface area contributed by atoms with Crippen LogP contribution in [0.3, 0.4) is 0 Å². The number of amidine groups is 1. The maximum absolute atomic E-state index is 4.25. The highest BCUT2D eigenvalue weighted by Crippen LogP contribution is 2.05. The lowest BCUT2D eigenvalue weighted by Crippen LogP contribution is -2.15. The summed E-state index contributed by atoms with van der Waals surface area (Å²) in [5.74, 6) is 1.06. The summed E-state index contributed by atoms with van der Waals surface area (Å²) in [6.45, 7) is 1.05. The van der Waals surface area contributed by atoms with Gasteiger partial charge in [0.1, 0.15) is 5.84 Å². The average molecular weight is 175 g/mol. The second-order valence-electron chi connectivity index (χ2n) is 3.07. The van der Waals surface area contributed by atoms with Gasteiger partial charge in [0.15, 0.2) is 0 Å². The molecule has 1 aliphatic heterocycles. The number of hydrogen-bond donors (Lipinski definition) is 2. The molecule has 0 radical (unpaired) electrons. The third-order valence-corrected chi connectivity index (χ3v) is 2.01. The van der Waals surface area contributed by atoms with Gasteiger partial charge in [-0.3, -0.25) is 5.43 Å². The molecule has 1 aromatic carbocycles. The van der Waals surface area contributed by atoms with Gasteiger partial charge in [0.25, 0.3) is 0 Å². The normalized spacial score (nSPS) is 18.6. The zero-order valence-electron chi connectivity index (χ0n) is 7.46. The summed E-state index contributed by atoms with van der Waals surface area (Å²) >= 11 is 0. The summed E-state index contributed by atoms with van der Waals surface area (Å²) in [5, 5.41) is 7.46. The van der Waals surface area contributed by atoms with Crippen molar-refractivity contribution in [3.05, 3.63) is 30.3 Å². The monoisotopic (exact) mass is 175 g/mol. The first kappa shape index (κ1) is 8.10. The van der Waals surface area contributed by atoms with E-state index in [1.165, 1.54) is 6.42 Å². The Morgan fingerprint density at radius 3 is 2.77 bits per heavy atom. The minimum absolute atomic E-state index is 1.03. The van der Waals surface area contributed by atoms with E-state index in [2.05, 4.69) is 15.8 Å². The summed E-state index contributed by atoms with van der Waals surface area (Å²) in [6, 6.07) is 9.97. The number of benzene rings is 1. The largest absolute Gasteiger partial charge is 0.372 e. The van der Waals surface area contributed by atoms with E-state index in [1.54, 1.807) is 0 Å². The fourth-order valence-electron chi connectivity index (χ4n) is 1.32. The molecule has 0 unspecified atom stereocenters. The molecular weight excluding hydrogens is 162 g/mol. The molecule has 2 N–H and O–H groups in total. The number of nitrogens with zero attached hydrogens (tertiary/aromatic N) is 1. The van der Waals surface area contributed by atoms with E-state index in [0.29, 0.717) is 0 Å². The molecule has 1 fully saturated rings. The van der Waals surface area contributed by atoms with Gasteiger partial charge in [0.05, 0.1) is 5.69 Å². The second kappa shape index (κ2) is 3.94. The Labute approximate surface area is 77.9 Å². The van der Waals surface area contributed by atoms with Crippen LogP contribution in [0.25, 0.3) is 0 Å². The van der Waals surface area contributed by atoms with Crippen molar-refractivity contribution in [3.63, 3.8) is 0 Å². The minimum Gasteiger partial charge on any atom is -0.372 e. The van der Waals surface area contributed by atoms with E-state index < -0.39 is 0 Å². The van der Waals surface area contributed by atoms with Gasteiger partial charge in [-0.05, 0) is 18.6 Å². The van der Waals surface area contributed by atoms with Crippen LogP contribution in [0.15, 0.2) is 35.4 Å². The molecule has 0 spiro atoms. The average Bonchev–Trinajstić information content (AvgIpc) is 2.69. The first-order valence-electron chi connectivity index (χ1n) is 4.57. The van der Waals surface area contributed by atoms with Crippen molar-refractivity contribution in [2.45, 2.75) is 12.8 Å². The lowest BCUT2D eigenvalue weighted by molar-refractivity contribution is 0.912. The number of anilines is 1. The molecule has 0 amide bonds. The number of rotatable bonds is 2. The highest BCUT2D eigenvalue weighted by atomic mass is 15.3. The molecule has 1 aromatic rings. The quantitative estimate of drug-likeness (QED) is 0.672. The van der Waals surface area contributed by atoms with Crippen LogP contribution in [-0.2, 0) is 0 Å². The Bertz CT molecular complexity index is 284. The van der Waals surface area contributed by atoms with Crippen LogP contribution in [0.4, 0.5) is 5.69 Å². The van der Waals surface area contributed by atoms with Gasteiger partial charge in [-0.15, -0.1) is 0 Å². The predicted molar refractivity (Wildman–Crippen MR) is 54.7 cm³/mol. The van der Waals surface area contributed by atoms with Crippen molar-refractivity contribution in [1.82, 2.24) is 5.32 Å². The Morgan fingerprint density at radius 2 is 2.08 bits per heavy atom. The molecule has 1 aliphatic rings. The van der Waals surface area contributed by atoms with Gasteiger partial charge in [0, 0.05) is 13.0 Å². The highest BCUT2D eigenvalue weighted by molar-refractivity contribution is 5.84. The van der Waals surface area contributed by atoms with Crippen molar-refractivity contribution < 1.29 is 0 Å². The third kappa shape index (κ3) is 2.21. The molecule has 1 heterocycles. The molecule has 0 bridgehead atoms. The third-order valence-electron chi connectivity index (χ3n) is 2.01. The van der Waals surface area contributed by atoms with Crippen molar-refractivity contribution in [2.24, 2.45) is 5.10 Å². The zero-order valence-corrected chi connectivity index (χ0v) is 7.46. The number of hydrazone groups is 1. The standard InChI is InChI=1S/C10H13N3/c1-2-5-9(6-3-1)12-13-10-7-4-8-11-10/h1-3,5-6,12H,4,7-8H2,(H,11,13). The van der Waals surface area contributed by atoms with Gasteiger partial charge in [-0.1, -0.05) is 18.2 Å². The Kier molecular flexibility index (Phi) is 2.45. The summed E-state index contributed by atoms with van der Waals surface area (Å²) in [6.07, 6.45) is 2.25. The van der Waals surface area contributed by atoms with Crippen LogP contribution in [0.5, 0.6) is 0 Å². The van der Waals surface area contributed by atoms with Crippen LogP contribution < -0.4 is 10.7 Å². The minimum atomic E-state index is 1.03. The van der Waals surface area contributed by atoms with Crippen LogP contribution >= 0.6 is 0 Å². The van der Waals surface area contributed by atoms with Crippen LogP contribution in [0.1, 0.15) is 12.8 Å². The molecule has 3 nitrogen and oxygen atoms in total. The number of hydrogen-bond acceptors (Lipinski definition) is 2. The van der Waals surface area contributed by atoms with E-state index >= 15 is 0 Å². The van der Waals surface area contributed by atoms with Gasteiger partial charge in [-0.2, -0.15) is 5.10 Å². The van der Waals surface area contributed by atoms with Crippen molar-refractivity contribution in [1.29, 1.82) is 0 Å². The second-order valence-corrected chi connectivity index (χ2v) is 3.07. The number of nitrogens with one attached hydrogen (secondary N) is 2. The zero-order chi connectivity index (χ0) is 8.93. The van der Waals surface area contributed by atoms with Crippen LogP contribution in [0.2, 0.25) is 0 Å². The summed E-state index contributed by atoms with van der Waals surface area (Å²) in [5.41, 5.74) is 4.04. The SMILES string of the molecule is c1ccc(NN=C2CCCN2)cc1. The fourth-order valence-corrected chi connectivity index (χ4v) is 1.32. The maximum Gasteiger partial charge on any atom is 0.122 e. The van der Waals surface area contributed by atoms with Crippen LogP contribution in [-0.4, -0.2) is 12.4 Å². The van der Waals surface area contributed by atoms with Crippen molar-refractivity contribution in [3.8, 4) is 0 Å². The molecular formula is C10H13N3. The van der Waals surface area contributed by atoms with E-state index in [9.17, 15) is 0 Å². The van der Waals surface area contributed by atoms with Crippen LogP contribution in [0, 0.1) is 0 Å². The Balaban J connectivity index is 1.95. The van der Waals surface area contributed by atoms with E-state index in [0.717, 1.165) is 24.5 Å². The molecule has 13 heavy (non-hydrogen) atoms. The van der Waals surface area contributed by atoms with E-state index in [4.69, 9.17) is 0 Å². The Morgan fingerprint density at radius 1 is 1.23 bits per heavy atom. The van der Waals surface area contributed by atoms with Gasteiger partial charge in [-0.25, -0.2) is 0 Å². The molecule has 0 atom stereocenters. The predicted octanol–water partition coefficient (Wildman–Crippen LogP) is 1.80. The molecule has 0 saturated carbocycles. The molecule has 2 rings (SSSR count). The topological polar surface area (TPSA) is 36.4 Å². The Hall–Kier alpha value is -1.51. The first-order valence-corrected chi connectivity index (χ1v) is 4.57. The van der Waals surface area contributed by atoms with Crippen molar-refractivity contribution in [2.75, 3.05) is 12.0 Å². The maximum atomic E-state index is 4.25. The fraction of sp³-hybridized carbons (Fsp3) is 0.300. The molecule has 0 aliphatic carbocycles. The highest BCUT2D eigenvalue weighted by Gasteiger charge is 2.05. The van der Waals surface area contributed by atoms with E-state index in [1.807, 2.05) is 30.3 Å². The smallest absolute Gasteiger partial charge is 0.122 e. The van der Waals surface area contributed by atoms with E-state index in [-0.39, 0.29) is 0 Å².